The second-order valence-electron chi connectivity index (χ2n) is 8.90. The molecule has 34 heavy (non-hydrogen) atoms. The van der Waals surface area contributed by atoms with Gasteiger partial charge in [-0.25, -0.2) is 9.59 Å². The first kappa shape index (κ1) is 22.0. The van der Waals surface area contributed by atoms with E-state index in [2.05, 4.69) is 32.2 Å². The maximum absolute atomic E-state index is 13.1. The summed E-state index contributed by atoms with van der Waals surface area (Å²) in [6, 6.07) is 10.6. The van der Waals surface area contributed by atoms with Gasteiger partial charge < -0.3 is 20.7 Å². The monoisotopic (exact) mass is 459 g/mol. The lowest BCUT2D eigenvalue weighted by molar-refractivity contribution is -0.142. The normalized spacial score (nSPS) is 14.7. The molecule has 2 aliphatic carbocycles. The zero-order valence-electron chi connectivity index (χ0n) is 19.2. The van der Waals surface area contributed by atoms with Crippen molar-refractivity contribution in [2.24, 2.45) is 0 Å². The Balaban J connectivity index is 1.31. The van der Waals surface area contributed by atoms with Gasteiger partial charge in [0.2, 0.25) is 0 Å². The van der Waals surface area contributed by atoms with E-state index in [1.807, 2.05) is 30.3 Å². The molecule has 0 fully saturated rings. The van der Waals surface area contributed by atoms with E-state index in [4.69, 9.17) is 4.74 Å². The first-order valence-electron chi connectivity index (χ1n) is 11.8. The zero-order valence-corrected chi connectivity index (χ0v) is 19.2. The number of ether oxygens (including phenoxy) is 1. The highest BCUT2D eigenvalue weighted by Crippen LogP contribution is 2.38. The van der Waals surface area contributed by atoms with Crippen molar-refractivity contribution in [1.82, 2.24) is 15.5 Å². The Labute approximate surface area is 198 Å². The van der Waals surface area contributed by atoms with E-state index < -0.39 is 12.0 Å². The quantitative estimate of drug-likeness (QED) is 0.399. The molecule has 0 spiro atoms. The third-order valence-electron chi connectivity index (χ3n) is 6.64. The molecule has 0 saturated heterocycles. The number of hydrogen-bond acceptors (Lipinski definition) is 5. The molecule has 0 saturated carbocycles. The minimum atomic E-state index is -0.810. The summed E-state index contributed by atoms with van der Waals surface area (Å²) in [6.07, 6.45) is 8.35. The number of benzene rings is 2. The Morgan fingerprint density at radius 1 is 1.06 bits per heavy atom. The van der Waals surface area contributed by atoms with Crippen molar-refractivity contribution in [3.05, 3.63) is 70.4 Å². The molecule has 0 aliphatic heterocycles. The molecule has 2 aliphatic rings. The number of methoxy groups -OCH3 is 1. The second-order valence-corrected chi connectivity index (χ2v) is 8.90. The summed E-state index contributed by atoms with van der Waals surface area (Å²) in [5.41, 5.74) is 7.88. The molecule has 5 rings (SSSR count). The lowest BCUT2D eigenvalue weighted by Gasteiger charge is -2.20. The topological polar surface area (TPSA) is 108 Å². The van der Waals surface area contributed by atoms with Crippen LogP contribution >= 0.6 is 0 Å². The van der Waals surface area contributed by atoms with Crippen LogP contribution in [0.1, 0.15) is 40.7 Å². The number of urea groups is 1. The van der Waals surface area contributed by atoms with E-state index >= 15 is 0 Å². The summed E-state index contributed by atoms with van der Waals surface area (Å²) in [7, 11) is 1.33. The molecular weight excluding hydrogens is 430 g/mol. The lowest BCUT2D eigenvalue weighted by Crippen LogP contribution is -2.45. The van der Waals surface area contributed by atoms with Crippen LogP contribution in [0, 0.1) is 0 Å². The highest BCUT2D eigenvalue weighted by molar-refractivity contribution is 5.94. The summed E-state index contributed by atoms with van der Waals surface area (Å²) in [4.78, 5) is 25.6. The Morgan fingerprint density at radius 2 is 1.82 bits per heavy atom. The third kappa shape index (κ3) is 4.62. The fourth-order valence-corrected chi connectivity index (χ4v) is 5.10. The van der Waals surface area contributed by atoms with Gasteiger partial charge in [0.05, 0.1) is 7.11 Å². The Morgan fingerprint density at radius 3 is 2.50 bits per heavy atom. The number of H-pyrrole nitrogens is 1. The van der Waals surface area contributed by atoms with Crippen molar-refractivity contribution in [2.45, 2.75) is 51.0 Å². The highest BCUT2D eigenvalue weighted by Gasteiger charge is 2.27. The number of amides is 2. The number of aromatic nitrogens is 2. The van der Waals surface area contributed by atoms with Crippen LogP contribution in [0.4, 0.5) is 22.0 Å². The molecule has 2 amide bonds. The van der Waals surface area contributed by atoms with Crippen molar-refractivity contribution in [3.63, 3.8) is 0 Å². The zero-order chi connectivity index (χ0) is 23.5. The van der Waals surface area contributed by atoms with Crippen LogP contribution in [0.2, 0.25) is 0 Å². The van der Waals surface area contributed by atoms with E-state index in [9.17, 15) is 9.59 Å². The summed E-state index contributed by atoms with van der Waals surface area (Å²) in [5, 5.41) is 16.0. The van der Waals surface area contributed by atoms with Crippen LogP contribution in [0.25, 0.3) is 0 Å². The van der Waals surface area contributed by atoms with E-state index in [0.717, 1.165) is 55.5 Å². The molecule has 0 bridgehead atoms. The standard InChI is InChI=1S/C26H29N5O3/c1-34-25(32)22(14-16-5-2-8-19(13-16)28-23-11-12-27-31-23)29-26(33)30-24-20-9-3-6-17(20)15-18-7-4-10-21(18)24/h2,5,8,11-13,15,22H,3-4,6-7,9-10,14H2,1H3,(H2,27,28,31)(H2,29,30,33). The van der Waals surface area contributed by atoms with E-state index in [1.165, 1.54) is 29.4 Å². The molecule has 0 radical (unpaired) electrons. The predicted molar refractivity (Wildman–Crippen MR) is 130 cm³/mol. The molecule has 2 aromatic carbocycles. The molecule has 1 heterocycles. The molecule has 1 aromatic heterocycles. The molecule has 8 heteroatoms. The Hall–Kier alpha value is -3.81. The van der Waals surface area contributed by atoms with Gasteiger partial charge in [0.25, 0.3) is 0 Å². The van der Waals surface area contributed by atoms with E-state index in [0.29, 0.717) is 12.2 Å². The van der Waals surface area contributed by atoms with E-state index in [-0.39, 0.29) is 6.03 Å². The average molecular weight is 460 g/mol. The van der Waals surface area contributed by atoms with Gasteiger partial charge in [0.15, 0.2) is 5.82 Å². The van der Waals surface area contributed by atoms with Crippen LogP contribution in [0.5, 0.6) is 0 Å². The van der Waals surface area contributed by atoms with Crippen molar-refractivity contribution in [2.75, 3.05) is 17.7 Å². The smallest absolute Gasteiger partial charge is 0.328 e. The number of fused-ring (bicyclic) bond motifs is 2. The molecule has 1 atom stereocenters. The minimum absolute atomic E-state index is 0.307. The summed E-state index contributed by atoms with van der Waals surface area (Å²) in [5.74, 6) is 0.214. The van der Waals surface area contributed by atoms with Crippen molar-refractivity contribution < 1.29 is 14.3 Å². The lowest BCUT2D eigenvalue weighted by atomic mass is 9.99. The first-order chi connectivity index (χ1) is 16.6. The third-order valence-corrected chi connectivity index (χ3v) is 6.64. The molecule has 3 aromatic rings. The maximum atomic E-state index is 13.1. The van der Waals surface area contributed by atoms with Gasteiger partial charge in [0, 0.05) is 30.1 Å². The van der Waals surface area contributed by atoms with Gasteiger partial charge in [-0.05, 0) is 78.5 Å². The summed E-state index contributed by atoms with van der Waals surface area (Å²) >= 11 is 0. The number of aryl methyl sites for hydroxylation is 2. The van der Waals surface area contributed by atoms with Crippen LogP contribution in [0.15, 0.2) is 42.6 Å². The Bertz CT molecular complexity index is 1170. The van der Waals surface area contributed by atoms with Gasteiger partial charge in [-0.3, -0.25) is 5.10 Å². The molecule has 4 N–H and O–H groups in total. The number of carbonyl (C=O) groups excluding carboxylic acids is 2. The van der Waals surface area contributed by atoms with Gasteiger partial charge in [-0.2, -0.15) is 5.10 Å². The van der Waals surface area contributed by atoms with Gasteiger partial charge >= 0.3 is 12.0 Å². The number of nitrogens with one attached hydrogen (secondary N) is 4. The van der Waals surface area contributed by atoms with Crippen molar-refractivity contribution >= 4 is 29.2 Å². The number of rotatable bonds is 7. The first-order valence-corrected chi connectivity index (χ1v) is 11.8. The molecular formula is C26H29N5O3. The van der Waals surface area contributed by atoms with E-state index in [1.54, 1.807) is 6.20 Å². The largest absolute Gasteiger partial charge is 0.467 e. The highest BCUT2D eigenvalue weighted by atomic mass is 16.5. The maximum Gasteiger partial charge on any atom is 0.328 e. The summed E-state index contributed by atoms with van der Waals surface area (Å²) in [6.45, 7) is 0. The van der Waals surface area contributed by atoms with Gasteiger partial charge in [-0.1, -0.05) is 18.2 Å². The van der Waals surface area contributed by atoms with Crippen LogP contribution in [-0.2, 0) is 41.6 Å². The number of hydrogen-bond donors (Lipinski definition) is 4. The van der Waals surface area contributed by atoms with Crippen molar-refractivity contribution in [3.8, 4) is 0 Å². The number of nitrogens with zero attached hydrogens (tertiary/aromatic N) is 1. The number of carbonyl (C=O) groups is 2. The number of aromatic amines is 1. The molecule has 8 nitrogen and oxygen atoms in total. The minimum Gasteiger partial charge on any atom is -0.467 e. The number of esters is 1. The number of anilines is 3. The van der Waals surface area contributed by atoms with Gasteiger partial charge in [0.1, 0.15) is 6.04 Å². The van der Waals surface area contributed by atoms with Crippen LogP contribution in [0.3, 0.4) is 0 Å². The molecule has 176 valence electrons. The Kier molecular flexibility index (Phi) is 6.20. The fraction of sp³-hybridized carbons (Fsp3) is 0.346. The average Bonchev–Trinajstić information content (AvgIpc) is 3.60. The van der Waals surface area contributed by atoms with Crippen LogP contribution < -0.4 is 16.0 Å². The van der Waals surface area contributed by atoms with Gasteiger partial charge in [-0.15, -0.1) is 0 Å². The summed E-state index contributed by atoms with van der Waals surface area (Å²) < 4.78 is 4.99. The fourth-order valence-electron chi connectivity index (χ4n) is 5.10. The SMILES string of the molecule is COC(=O)C(Cc1cccc(Nc2cc[nH]n2)c1)NC(=O)Nc1c2c(cc3c1CCC3)CCC2. The predicted octanol–water partition coefficient (Wildman–Crippen LogP) is 4.04. The van der Waals surface area contributed by atoms with Crippen molar-refractivity contribution in [1.29, 1.82) is 0 Å². The van der Waals surface area contributed by atoms with Crippen LogP contribution in [-0.4, -0.2) is 35.3 Å². The molecule has 1 unspecified atom stereocenters. The second kappa shape index (κ2) is 9.59.